The Balaban J connectivity index is 1.71. The molecule has 2 aliphatic heterocycles. The molecule has 2 fully saturated rings. The molecule has 2 aliphatic rings. The van der Waals surface area contributed by atoms with Crippen molar-refractivity contribution in [2.75, 3.05) is 39.0 Å². The van der Waals surface area contributed by atoms with Gasteiger partial charge in [-0.25, -0.2) is 23.5 Å². The van der Waals surface area contributed by atoms with Crippen LogP contribution in [0.4, 0.5) is 4.79 Å². The summed E-state index contributed by atoms with van der Waals surface area (Å²) < 4.78 is 29.4. The Morgan fingerprint density at radius 1 is 1.25 bits per heavy atom. The average molecular weight is 307 g/mol. The van der Waals surface area contributed by atoms with E-state index in [1.165, 1.54) is 15.5 Å². The molecule has 0 aromatic rings. The van der Waals surface area contributed by atoms with Crippen molar-refractivity contribution >= 4 is 16.1 Å². The van der Waals surface area contributed by atoms with Crippen molar-refractivity contribution in [2.45, 2.75) is 25.6 Å². The first-order valence-corrected chi connectivity index (χ1v) is 8.59. The third-order valence-electron chi connectivity index (χ3n) is 3.41. The molecule has 2 saturated heterocycles. The molecule has 20 heavy (non-hydrogen) atoms. The van der Waals surface area contributed by atoms with Gasteiger partial charge in [0.25, 0.3) is 0 Å². The lowest BCUT2D eigenvalue weighted by Gasteiger charge is -2.33. The number of carbonyl (C=O) groups excluding carboxylic acids is 1. The quantitative estimate of drug-likeness (QED) is 0.725. The van der Waals surface area contributed by atoms with Crippen LogP contribution in [0.15, 0.2) is 0 Å². The second-order valence-corrected chi connectivity index (χ2v) is 6.95. The molecule has 1 N–H and O–H groups in total. The Hall–Kier alpha value is -0.900. The zero-order valence-corrected chi connectivity index (χ0v) is 12.4. The first-order chi connectivity index (χ1) is 9.47. The Bertz CT molecular complexity index is 427. The van der Waals surface area contributed by atoms with Gasteiger partial charge < -0.3 is 9.64 Å². The molecule has 2 amide bonds. The van der Waals surface area contributed by atoms with Crippen LogP contribution in [0.3, 0.4) is 0 Å². The summed E-state index contributed by atoms with van der Waals surface area (Å²) in [5.74, 6) is 0. The summed E-state index contributed by atoms with van der Waals surface area (Å²) >= 11 is 0. The van der Waals surface area contributed by atoms with Gasteiger partial charge in [-0.05, 0) is 12.8 Å². The molecule has 0 spiro atoms. The molecule has 0 saturated carbocycles. The minimum Gasteiger partial charge on any atom is -0.350 e. The molecule has 8 nitrogen and oxygen atoms in total. The maximum atomic E-state index is 11.9. The number of urea groups is 1. The average Bonchev–Trinajstić information content (AvgIpc) is 2.45. The first-order valence-electron chi connectivity index (χ1n) is 6.74. The fourth-order valence-electron chi connectivity index (χ4n) is 2.21. The lowest BCUT2D eigenvalue weighted by Crippen LogP contribution is -2.53. The standard InChI is InChI=1S/C11H21N3O5S/c1-20(16,17)14-7-5-13(6-8-14)11(15)12-19-10-4-2-3-9-18-10/h10H,2-9H2,1H3,(H,12,15)/t10-/m1/s1. The molecule has 1 atom stereocenters. The number of piperazine rings is 1. The fraction of sp³-hybridized carbons (Fsp3) is 0.909. The van der Waals surface area contributed by atoms with Crippen LogP contribution in [0.2, 0.25) is 0 Å². The van der Waals surface area contributed by atoms with Gasteiger partial charge >= 0.3 is 6.03 Å². The number of rotatable bonds is 3. The molecular formula is C11H21N3O5S. The van der Waals surface area contributed by atoms with Crippen molar-refractivity contribution in [3.63, 3.8) is 0 Å². The Labute approximate surface area is 119 Å². The van der Waals surface area contributed by atoms with Gasteiger partial charge in [-0.3, -0.25) is 0 Å². The molecule has 2 heterocycles. The summed E-state index contributed by atoms with van der Waals surface area (Å²) in [6, 6.07) is -0.354. The molecule has 0 aromatic carbocycles. The molecule has 2 rings (SSSR count). The van der Waals surface area contributed by atoms with Crippen LogP contribution in [-0.4, -0.2) is 69.0 Å². The van der Waals surface area contributed by atoms with E-state index in [2.05, 4.69) is 5.48 Å². The van der Waals surface area contributed by atoms with Crippen molar-refractivity contribution in [2.24, 2.45) is 0 Å². The van der Waals surface area contributed by atoms with Crippen LogP contribution in [0.25, 0.3) is 0 Å². The number of nitrogens with one attached hydrogen (secondary N) is 1. The smallest absolute Gasteiger partial charge is 0.341 e. The predicted octanol–water partition coefficient (Wildman–Crippen LogP) is -0.269. The van der Waals surface area contributed by atoms with E-state index in [0.29, 0.717) is 32.8 Å². The highest BCUT2D eigenvalue weighted by Crippen LogP contribution is 2.13. The van der Waals surface area contributed by atoms with Gasteiger partial charge in [0.05, 0.1) is 6.26 Å². The maximum absolute atomic E-state index is 11.9. The number of ether oxygens (including phenoxy) is 1. The number of hydrogen-bond acceptors (Lipinski definition) is 5. The summed E-state index contributed by atoms with van der Waals surface area (Å²) in [5, 5.41) is 0. The number of nitrogens with zero attached hydrogens (tertiary/aromatic N) is 2. The topological polar surface area (TPSA) is 88.2 Å². The summed E-state index contributed by atoms with van der Waals surface area (Å²) in [6.07, 6.45) is 3.59. The van der Waals surface area contributed by atoms with Gasteiger partial charge in [-0.15, -0.1) is 0 Å². The summed E-state index contributed by atoms with van der Waals surface area (Å²) in [5.41, 5.74) is 2.37. The number of hydroxylamine groups is 1. The van der Waals surface area contributed by atoms with E-state index in [4.69, 9.17) is 9.57 Å². The molecule has 9 heteroatoms. The number of hydrogen-bond donors (Lipinski definition) is 1. The third-order valence-corrected chi connectivity index (χ3v) is 4.71. The van der Waals surface area contributed by atoms with Crippen LogP contribution in [0, 0.1) is 0 Å². The molecule has 0 unspecified atom stereocenters. The summed E-state index contributed by atoms with van der Waals surface area (Å²) in [6.45, 7) is 1.98. The maximum Gasteiger partial charge on any atom is 0.341 e. The van der Waals surface area contributed by atoms with Crippen LogP contribution in [0.1, 0.15) is 19.3 Å². The summed E-state index contributed by atoms with van der Waals surface area (Å²) in [7, 11) is -3.18. The molecule has 0 aliphatic carbocycles. The van der Waals surface area contributed by atoms with Crippen molar-refractivity contribution < 1.29 is 22.8 Å². The van der Waals surface area contributed by atoms with E-state index in [0.717, 1.165) is 19.3 Å². The van der Waals surface area contributed by atoms with Gasteiger partial charge in [0.15, 0.2) is 6.29 Å². The normalized spacial score (nSPS) is 25.4. The van der Waals surface area contributed by atoms with E-state index < -0.39 is 10.0 Å². The van der Waals surface area contributed by atoms with E-state index in [1.54, 1.807) is 0 Å². The molecule has 0 aromatic heterocycles. The number of carbonyl (C=O) groups is 1. The Kier molecular flexibility index (Phi) is 5.19. The van der Waals surface area contributed by atoms with Crippen molar-refractivity contribution in [3.8, 4) is 0 Å². The van der Waals surface area contributed by atoms with Crippen molar-refractivity contribution in [3.05, 3.63) is 0 Å². The van der Waals surface area contributed by atoms with Crippen LogP contribution < -0.4 is 5.48 Å². The minimum absolute atomic E-state index is 0.312. The van der Waals surface area contributed by atoms with Crippen LogP contribution >= 0.6 is 0 Å². The molecule has 116 valence electrons. The monoisotopic (exact) mass is 307 g/mol. The van der Waals surface area contributed by atoms with Gasteiger partial charge in [0.1, 0.15) is 0 Å². The molecule has 0 radical (unpaired) electrons. The van der Waals surface area contributed by atoms with Gasteiger partial charge in [0.2, 0.25) is 10.0 Å². The highest BCUT2D eigenvalue weighted by Gasteiger charge is 2.26. The highest BCUT2D eigenvalue weighted by molar-refractivity contribution is 7.88. The Morgan fingerprint density at radius 2 is 1.95 bits per heavy atom. The first kappa shape index (κ1) is 15.5. The third kappa shape index (κ3) is 4.30. The zero-order chi connectivity index (χ0) is 14.6. The van der Waals surface area contributed by atoms with Crippen molar-refractivity contribution in [1.82, 2.24) is 14.7 Å². The molecule has 0 bridgehead atoms. The lowest BCUT2D eigenvalue weighted by atomic mass is 10.2. The highest BCUT2D eigenvalue weighted by atomic mass is 32.2. The van der Waals surface area contributed by atoms with Gasteiger partial charge in [-0.2, -0.15) is 4.31 Å². The van der Waals surface area contributed by atoms with Crippen LogP contribution in [-0.2, 0) is 19.6 Å². The summed E-state index contributed by atoms with van der Waals surface area (Å²) in [4.78, 5) is 18.6. The minimum atomic E-state index is -3.18. The zero-order valence-electron chi connectivity index (χ0n) is 11.6. The van der Waals surface area contributed by atoms with Crippen LogP contribution in [0.5, 0.6) is 0 Å². The molecular weight excluding hydrogens is 286 g/mol. The van der Waals surface area contributed by atoms with E-state index >= 15 is 0 Å². The number of amides is 2. The second-order valence-electron chi connectivity index (χ2n) is 4.97. The predicted molar refractivity (Wildman–Crippen MR) is 71.2 cm³/mol. The SMILES string of the molecule is CS(=O)(=O)N1CCN(C(=O)NO[C@@H]2CCCCO2)CC1. The number of sulfonamides is 1. The van der Waals surface area contributed by atoms with E-state index in [9.17, 15) is 13.2 Å². The Morgan fingerprint density at radius 3 is 2.50 bits per heavy atom. The second kappa shape index (κ2) is 6.70. The van der Waals surface area contributed by atoms with Gasteiger partial charge in [0, 0.05) is 39.2 Å². The largest absolute Gasteiger partial charge is 0.350 e. The van der Waals surface area contributed by atoms with Crippen molar-refractivity contribution in [1.29, 1.82) is 0 Å². The lowest BCUT2D eigenvalue weighted by molar-refractivity contribution is -0.187. The fourth-order valence-corrected chi connectivity index (χ4v) is 3.03. The van der Waals surface area contributed by atoms with E-state index in [1.807, 2.05) is 0 Å². The van der Waals surface area contributed by atoms with Gasteiger partial charge in [-0.1, -0.05) is 0 Å². The van der Waals surface area contributed by atoms with E-state index in [-0.39, 0.29) is 12.3 Å².